The summed E-state index contributed by atoms with van der Waals surface area (Å²) in [6.45, 7) is 0. The van der Waals surface area contributed by atoms with E-state index in [0.717, 1.165) is 11.3 Å². The van der Waals surface area contributed by atoms with Gasteiger partial charge in [-0.2, -0.15) is 0 Å². The van der Waals surface area contributed by atoms with Gasteiger partial charge in [0.15, 0.2) is 0 Å². The lowest BCUT2D eigenvalue weighted by Gasteiger charge is -2.08. The van der Waals surface area contributed by atoms with Gasteiger partial charge in [0.25, 0.3) is 11.6 Å². The summed E-state index contributed by atoms with van der Waals surface area (Å²) in [6, 6.07) is 3.90. The Labute approximate surface area is 123 Å². The molecular weight excluding hydrogens is 298 g/mol. The Balaban J connectivity index is 2.22. The predicted molar refractivity (Wildman–Crippen MR) is 77.1 cm³/mol. The highest BCUT2D eigenvalue weighted by Gasteiger charge is 2.17. The summed E-state index contributed by atoms with van der Waals surface area (Å²) in [7, 11) is 3.03. The fourth-order valence-corrected chi connectivity index (χ4v) is 2.08. The molecule has 0 saturated carbocycles. The van der Waals surface area contributed by atoms with E-state index in [1.165, 1.54) is 25.3 Å². The molecule has 0 fully saturated rings. The van der Waals surface area contributed by atoms with Gasteiger partial charge in [0.2, 0.25) is 10.1 Å². The van der Waals surface area contributed by atoms with Crippen molar-refractivity contribution in [2.24, 2.45) is 0 Å². The molecule has 0 unspecified atom stereocenters. The second-order valence-electron chi connectivity index (χ2n) is 3.76. The molecular formula is C11H11N5O4S. The van der Waals surface area contributed by atoms with Crippen LogP contribution in [0.4, 0.5) is 16.5 Å². The second-order valence-corrected chi connectivity index (χ2v) is 4.74. The van der Waals surface area contributed by atoms with E-state index < -0.39 is 10.8 Å². The Morgan fingerprint density at radius 3 is 2.76 bits per heavy atom. The fourth-order valence-electron chi connectivity index (χ4n) is 1.49. The third-order valence-corrected chi connectivity index (χ3v) is 3.42. The number of hydrogen-bond donors (Lipinski definition) is 2. The lowest BCUT2D eigenvalue weighted by atomic mass is 10.2. The number of rotatable bonds is 5. The summed E-state index contributed by atoms with van der Waals surface area (Å²) >= 11 is 1.09. The molecule has 1 aromatic heterocycles. The molecule has 0 atom stereocenters. The van der Waals surface area contributed by atoms with Crippen molar-refractivity contribution in [3.05, 3.63) is 33.3 Å². The molecule has 0 aliphatic rings. The topological polar surface area (TPSA) is 119 Å². The quantitative estimate of drug-likeness (QED) is 0.637. The summed E-state index contributed by atoms with van der Waals surface area (Å²) in [5.74, 6) is -0.281. The number of carbonyl (C=O) groups is 1. The zero-order valence-electron chi connectivity index (χ0n) is 11.1. The van der Waals surface area contributed by atoms with Crippen molar-refractivity contribution in [3.63, 3.8) is 0 Å². The van der Waals surface area contributed by atoms with Crippen LogP contribution < -0.4 is 15.4 Å². The monoisotopic (exact) mass is 309 g/mol. The van der Waals surface area contributed by atoms with Gasteiger partial charge in [0.1, 0.15) is 5.75 Å². The van der Waals surface area contributed by atoms with E-state index in [9.17, 15) is 14.9 Å². The highest BCUT2D eigenvalue weighted by molar-refractivity contribution is 7.17. The summed E-state index contributed by atoms with van der Waals surface area (Å²) in [6.07, 6.45) is 0. The van der Waals surface area contributed by atoms with Gasteiger partial charge in [0.05, 0.1) is 23.8 Å². The zero-order valence-corrected chi connectivity index (χ0v) is 11.9. The zero-order chi connectivity index (χ0) is 15.4. The molecule has 1 amide bonds. The molecule has 0 aliphatic carbocycles. The normalized spacial score (nSPS) is 10.0. The number of ether oxygens (including phenoxy) is 1. The standard InChI is InChI=1S/C11H11N5O4S/c1-12-11-15-14-10(21-11)9(17)13-7-4-3-6(16(18)19)5-8(7)20-2/h3-5H,1-2H3,(H,12,15)(H,13,17). The number of carbonyl (C=O) groups excluding carboxylic acids is 1. The van der Waals surface area contributed by atoms with Crippen LogP contribution in [-0.2, 0) is 0 Å². The van der Waals surface area contributed by atoms with Gasteiger partial charge < -0.3 is 15.4 Å². The predicted octanol–water partition coefficient (Wildman–Crippen LogP) is 1.75. The highest BCUT2D eigenvalue weighted by Crippen LogP contribution is 2.29. The molecule has 10 heteroatoms. The number of amides is 1. The van der Waals surface area contributed by atoms with Crippen LogP contribution in [0, 0.1) is 10.1 Å². The number of nitrogens with one attached hydrogen (secondary N) is 2. The van der Waals surface area contributed by atoms with Crippen LogP contribution in [0.25, 0.3) is 0 Å². The van der Waals surface area contributed by atoms with Crippen molar-refractivity contribution in [1.29, 1.82) is 0 Å². The second kappa shape index (κ2) is 6.13. The molecule has 1 heterocycles. The van der Waals surface area contributed by atoms with E-state index >= 15 is 0 Å². The van der Waals surface area contributed by atoms with Crippen LogP contribution in [0.5, 0.6) is 5.75 Å². The molecule has 110 valence electrons. The van der Waals surface area contributed by atoms with Crippen LogP contribution in [0.1, 0.15) is 9.80 Å². The largest absolute Gasteiger partial charge is 0.494 e. The van der Waals surface area contributed by atoms with Gasteiger partial charge in [-0.25, -0.2) is 0 Å². The SMILES string of the molecule is CNc1nnc(C(=O)Nc2ccc([N+](=O)[O-])cc2OC)s1. The van der Waals surface area contributed by atoms with Gasteiger partial charge in [-0.1, -0.05) is 11.3 Å². The highest BCUT2D eigenvalue weighted by atomic mass is 32.1. The van der Waals surface area contributed by atoms with E-state index in [1.54, 1.807) is 7.05 Å². The fraction of sp³-hybridized carbons (Fsp3) is 0.182. The first-order chi connectivity index (χ1) is 10.0. The molecule has 9 nitrogen and oxygen atoms in total. The number of nitrogens with zero attached hydrogens (tertiary/aromatic N) is 3. The van der Waals surface area contributed by atoms with Gasteiger partial charge in [-0.05, 0) is 6.07 Å². The smallest absolute Gasteiger partial charge is 0.286 e. The first-order valence-electron chi connectivity index (χ1n) is 5.70. The maximum atomic E-state index is 12.0. The van der Waals surface area contributed by atoms with Crippen LogP contribution in [-0.4, -0.2) is 35.2 Å². The molecule has 0 bridgehead atoms. The van der Waals surface area contributed by atoms with Crippen LogP contribution in [0.3, 0.4) is 0 Å². The number of nitro groups is 1. The molecule has 21 heavy (non-hydrogen) atoms. The van der Waals surface area contributed by atoms with E-state index in [1.807, 2.05) is 0 Å². The average Bonchev–Trinajstić information content (AvgIpc) is 2.96. The van der Waals surface area contributed by atoms with Crippen LogP contribution in [0.2, 0.25) is 0 Å². The van der Waals surface area contributed by atoms with Crippen molar-refractivity contribution in [3.8, 4) is 5.75 Å². The first kappa shape index (κ1) is 14.7. The number of benzene rings is 1. The summed E-state index contributed by atoms with van der Waals surface area (Å²) < 4.78 is 5.04. The van der Waals surface area contributed by atoms with E-state index in [4.69, 9.17) is 4.74 Å². The Morgan fingerprint density at radius 2 is 2.19 bits per heavy atom. The number of aromatic nitrogens is 2. The van der Waals surface area contributed by atoms with Gasteiger partial charge in [-0.15, -0.1) is 10.2 Å². The number of nitro benzene ring substituents is 1. The van der Waals surface area contributed by atoms with Crippen molar-refractivity contribution < 1.29 is 14.5 Å². The number of hydrogen-bond acceptors (Lipinski definition) is 8. The number of non-ortho nitro benzene ring substituents is 1. The lowest BCUT2D eigenvalue weighted by molar-refractivity contribution is -0.384. The summed E-state index contributed by atoms with van der Waals surface area (Å²) in [5.41, 5.74) is 0.188. The van der Waals surface area contributed by atoms with Crippen molar-refractivity contribution in [2.75, 3.05) is 24.8 Å². The maximum absolute atomic E-state index is 12.0. The molecule has 0 spiro atoms. The minimum Gasteiger partial charge on any atom is -0.494 e. The van der Waals surface area contributed by atoms with Gasteiger partial charge >= 0.3 is 0 Å². The molecule has 0 saturated heterocycles. The molecule has 1 aromatic carbocycles. The minimum atomic E-state index is -0.544. The summed E-state index contributed by atoms with van der Waals surface area (Å²) in [4.78, 5) is 22.2. The van der Waals surface area contributed by atoms with E-state index in [-0.39, 0.29) is 16.4 Å². The van der Waals surface area contributed by atoms with Crippen molar-refractivity contribution in [1.82, 2.24) is 10.2 Å². The Bertz CT molecular complexity index is 687. The maximum Gasteiger partial charge on any atom is 0.286 e. The van der Waals surface area contributed by atoms with Crippen molar-refractivity contribution in [2.45, 2.75) is 0 Å². The first-order valence-corrected chi connectivity index (χ1v) is 6.52. The number of anilines is 2. The van der Waals surface area contributed by atoms with Crippen LogP contribution >= 0.6 is 11.3 Å². The van der Waals surface area contributed by atoms with E-state index in [0.29, 0.717) is 10.8 Å². The molecule has 0 radical (unpaired) electrons. The lowest BCUT2D eigenvalue weighted by Crippen LogP contribution is -2.12. The third-order valence-electron chi connectivity index (χ3n) is 2.48. The van der Waals surface area contributed by atoms with E-state index in [2.05, 4.69) is 20.8 Å². The Hall–Kier alpha value is -2.75. The molecule has 2 N–H and O–H groups in total. The number of methoxy groups -OCH3 is 1. The molecule has 2 aromatic rings. The van der Waals surface area contributed by atoms with Crippen molar-refractivity contribution >= 4 is 33.8 Å². The van der Waals surface area contributed by atoms with Gasteiger partial charge in [0, 0.05) is 13.1 Å². The van der Waals surface area contributed by atoms with Gasteiger partial charge in [-0.3, -0.25) is 14.9 Å². The molecule has 0 aliphatic heterocycles. The summed E-state index contributed by atoms with van der Waals surface area (Å²) in [5, 5.41) is 24.2. The van der Waals surface area contributed by atoms with Crippen LogP contribution in [0.15, 0.2) is 18.2 Å². The third kappa shape index (κ3) is 3.23. The minimum absolute atomic E-state index is 0.127. The average molecular weight is 309 g/mol. The Morgan fingerprint density at radius 1 is 1.43 bits per heavy atom. The molecule has 2 rings (SSSR count). The Kier molecular flexibility index (Phi) is 4.28.